The summed E-state index contributed by atoms with van der Waals surface area (Å²) in [6.07, 6.45) is 2.20. The lowest BCUT2D eigenvalue weighted by Crippen LogP contribution is -2.18. The molecule has 4 heteroatoms. The van der Waals surface area contributed by atoms with Crippen LogP contribution in [0.1, 0.15) is 51.7 Å². The van der Waals surface area contributed by atoms with E-state index >= 15 is 0 Å². The van der Waals surface area contributed by atoms with Crippen molar-refractivity contribution in [3.05, 3.63) is 71.8 Å². The number of carbonyl (C=O) groups excluding carboxylic acids is 1. The molecule has 0 fully saturated rings. The van der Waals surface area contributed by atoms with Crippen LogP contribution in [0.2, 0.25) is 0 Å². The second-order valence-electron chi connectivity index (χ2n) is 7.64. The number of esters is 1. The third-order valence-electron chi connectivity index (χ3n) is 4.85. The molecule has 0 bridgehead atoms. The molecule has 0 saturated heterocycles. The molecule has 2 aromatic carbocycles. The van der Waals surface area contributed by atoms with Crippen molar-refractivity contribution < 1.29 is 19.0 Å². The maximum Gasteiger partial charge on any atom is 0.333 e. The molecule has 0 atom stereocenters. The van der Waals surface area contributed by atoms with Crippen molar-refractivity contribution in [2.45, 2.75) is 46.0 Å². The molecule has 0 aliphatic rings. The Kier molecular flexibility index (Phi) is 8.32. The lowest BCUT2D eigenvalue weighted by Gasteiger charge is -2.26. The van der Waals surface area contributed by atoms with Crippen LogP contribution in [-0.4, -0.2) is 25.8 Å². The fourth-order valence-corrected chi connectivity index (χ4v) is 2.85. The van der Waals surface area contributed by atoms with Crippen LogP contribution in [0.4, 0.5) is 0 Å². The van der Waals surface area contributed by atoms with Crippen molar-refractivity contribution in [2.75, 3.05) is 19.8 Å². The lowest BCUT2D eigenvalue weighted by atomic mass is 9.78. The minimum absolute atomic E-state index is 0.141. The van der Waals surface area contributed by atoms with E-state index in [1.165, 1.54) is 11.1 Å². The quantitative estimate of drug-likeness (QED) is 0.278. The fraction of sp³-hybridized carbons (Fsp3) is 0.400. The summed E-state index contributed by atoms with van der Waals surface area (Å²) >= 11 is 0. The number of carbonyl (C=O) groups is 1. The van der Waals surface area contributed by atoms with Gasteiger partial charge < -0.3 is 14.2 Å². The van der Waals surface area contributed by atoms with Gasteiger partial charge in [0, 0.05) is 11.0 Å². The van der Waals surface area contributed by atoms with E-state index < -0.39 is 5.97 Å². The van der Waals surface area contributed by atoms with Crippen LogP contribution >= 0.6 is 0 Å². The highest BCUT2D eigenvalue weighted by Gasteiger charge is 2.23. The van der Waals surface area contributed by atoms with Crippen molar-refractivity contribution in [1.29, 1.82) is 0 Å². The standard InChI is InChI=1S/C25H32O4/c1-6-7-16-27-22-12-8-20(9-13-22)25(4,5)21-10-14-23(15-11-21)28-17-18-29-24(26)19(2)3/h8-15H,2,6-7,16-18H2,1,3-5H3. The summed E-state index contributed by atoms with van der Waals surface area (Å²) in [5.41, 5.74) is 2.66. The minimum Gasteiger partial charge on any atom is -0.494 e. The van der Waals surface area contributed by atoms with Gasteiger partial charge in [-0.2, -0.15) is 0 Å². The second kappa shape index (κ2) is 10.7. The molecule has 0 aliphatic carbocycles. The first kappa shape index (κ1) is 22.5. The zero-order valence-electron chi connectivity index (χ0n) is 18.0. The van der Waals surface area contributed by atoms with Gasteiger partial charge in [-0.1, -0.05) is 58.0 Å². The van der Waals surface area contributed by atoms with Crippen molar-refractivity contribution in [3.8, 4) is 11.5 Å². The molecule has 0 amide bonds. The Hall–Kier alpha value is -2.75. The minimum atomic E-state index is -0.396. The molecule has 0 radical (unpaired) electrons. The Morgan fingerprint density at radius 3 is 1.79 bits per heavy atom. The Labute approximate surface area is 174 Å². The monoisotopic (exact) mass is 396 g/mol. The van der Waals surface area contributed by atoms with Crippen LogP contribution in [0, 0.1) is 0 Å². The molecule has 2 aromatic rings. The molecular formula is C25H32O4. The fourth-order valence-electron chi connectivity index (χ4n) is 2.85. The van der Waals surface area contributed by atoms with Gasteiger partial charge in [0.2, 0.25) is 0 Å². The summed E-state index contributed by atoms with van der Waals surface area (Å²) in [5, 5.41) is 0. The van der Waals surface area contributed by atoms with E-state index in [2.05, 4.69) is 51.6 Å². The molecule has 0 spiro atoms. The van der Waals surface area contributed by atoms with Gasteiger partial charge in [-0.25, -0.2) is 4.79 Å². The first-order chi connectivity index (χ1) is 13.8. The molecule has 0 aromatic heterocycles. The SMILES string of the molecule is C=C(C)C(=O)OCCOc1ccc(C(C)(C)c2ccc(OCCCC)cc2)cc1. The van der Waals surface area contributed by atoms with Gasteiger partial charge in [0.05, 0.1) is 6.61 Å². The Bertz CT molecular complexity index is 789. The summed E-state index contributed by atoms with van der Waals surface area (Å²) in [4.78, 5) is 11.3. The predicted molar refractivity (Wildman–Crippen MR) is 117 cm³/mol. The molecular weight excluding hydrogens is 364 g/mol. The Balaban J connectivity index is 1.93. The van der Waals surface area contributed by atoms with Crippen LogP contribution in [0.25, 0.3) is 0 Å². The first-order valence-corrected chi connectivity index (χ1v) is 10.1. The van der Waals surface area contributed by atoms with Crippen LogP contribution in [0.15, 0.2) is 60.7 Å². The maximum absolute atomic E-state index is 11.3. The van der Waals surface area contributed by atoms with E-state index in [9.17, 15) is 4.79 Å². The van der Waals surface area contributed by atoms with Gasteiger partial charge in [-0.3, -0.25) is 0 Å². The van der Waals surface area contributed by atoms with Gasteiger partial charge in [0.25, 0.3) is 0 Å². The van der Waals surface area contributed by atoms with Crippen LogP contribution in [-0.2, 0) is 14.9 Å². The number of hydrogen-bond acceptors (Lipinski definition) is 4. The van der Waals surface area contributed by atoms with E-state index in [4.69, 9.17) is 14.2 Å². The summed E-state index contributed by atoms with van der Waals surface area (Å²) < 4.78 is 16.4. The van der Waals surface area contributed by atoms with E-state index in [1.807, 2.05) is 24.3 Å². The Morgan fingerprint density at radius 1 is 0.862 bits per heavy atom. The summed E-state index contributed by atoms with van der Waals surface area (Å²) in [6.45, 7) is 13.0. The lowest BCUT2D eigenvalue weighted by molar-refractivity contribution is -0.139. The third kappa shape index (κ3) is 6.67. The number of hydrogen-bond donors (Lipinski definition) is 0. The highest BCUT2D eigenvalue weighted by atomic mass is 16.6. The number of ether oxygens (including phenoxy) is 3. The average Bonchev–Trinajstić information content (AvgIpc) is 2.72. The normalized spacial score (nSPS) is 11.0. The van der Waals surface area contributed by atoms with Crippen LogP contribution < -0.4 is 9.47 Å². The van der Waals surface area contributed by atoms with Crippen molar-refractivity contribution in [2.24, 2.45) is 0 Å². The van der Waals surface area contributed by atoms with E-state index in [0.29, 0.717) is 12.2 Å². The maximum atomic E-state index is 11.3. The van der Waals surface area contributed by atoms with Crippen LogP contribution in [0.5, 0.6) is 11.5 Å². The zero-order chi connectivity index (χ0) is 21.3. The molecule has 0 heterocycles. The van der Waals surface area contributed by atoms with Gasteiger partial charge in [0.15, 0.2) is 0 Å². The molecule has 0 unspecified atom stereocenters. The van der Waals surface area contributed by atoms with E-state index in [0.717, 1.165) is 30.9 Å². The number of unbranched alkanes of at least 4 members (excludes halogenated alkanes) is 1. The van der Waals surface area contributed by atoms with E-state index in [1.54, 1.807) is 6.92 Å². The molecule has 156 valence electrons. The molecule has 0 saturated carbocycles. The molecule has 0 N–H and O–H groups in total. The molecule has 29 heavy (non-hydrogen) atoms. The molecule has 2 rings (SSSR count). The molecule has 4 nitrogen and oxygen atoms in total. The van der Waals surface area contributed by atoms with Crippen molar-refractivity contribution >= 4 is 5.97 Å². The second-order valence-corrected chi connectivity index (χ2v) is 7.64. The summed E-state index contributed by atoms with van der Waals surface area (Å²) in [7, 11) is 0. The largest absolute Gasteiger partial charge is 0.494 e. The molecule has 0 aliphatic heterocycles. The smallest absolute Gasteiger partial charge is 0.333 e. The van der Waals surface area contributed by atoms with Gasteiger partial charge in [-0.05, 0) is 48.7 Å². The Morgan fingerprint density at radius 2 is 1.34 bits per heavy atom. The van der Waals surface area contributed by atoms with Gasteiger partial charge in [0.1, 0.15) is 24.7 Å². The van der Waals surface area contributed by atoms with Gasteiger partial charge in [-0.15, -0.1) is 0 Å². The average molecular weight is 397 g/mol. The summed E-state index contributed by atoms with van der Waals surface area (Å²) in [6, 6.07) is 16.4. The predicted octanol–water partition coefficient (Wildman–Crippen LogP) is 5.69. The van der Waals surface area contributed by atoms with Gasteiger partial charge >= 0.3 is 5.97 Å². The number of benzene rings is 2. The first-order valence-electron chi connectivity index (χ1n) is 10.1. The highest BCUT2D eigenvalue weighted by Crippen LogP contribution is 2.33. The third-order valence-corrected chi connectivity index (χ3v) is 4.85. The zero-order valence-corrected chi connectivity index (χ0v) is 18.0. The van der Waals surface area contributed by atoms with Crippen molar-refractivity contribution in [3.63, 3.8) is 0 Å². The van der Waals surface area contributed by atoms with E-state index in [-0.39, 0.29) is 12.0 Å². The number of rotatable bonds is 11. The highest BCUT2D eigenvalue weighted by molar-refractivity contribution is 5.86. The summed E-state index contributed by atoms with van der Waals surface area (Å²) in [5.74, 6) is 1.26. The van der Waals surface area contributed by atoms with Crippen molar-refractivity contribution in [1.82, 2.24) is 0 Å². The van der Waals surface area contributed by atoms with Crippen LogP contribution in [0.3, 0.4) is 0 Å². The topological polar surface area (TPSA) is 44.8 Å².